The number of fused-ring (bicyclic) bond motifs is 1. The fraction of sp³-hybridized carbons (Fsp3) is 0.111. The first kappa shape index (κ1) is 12.7. The second-order valence-corrected chi connectivity index (χ2v) is 4.68. The highest BCUT2D eigenvalue weighted by molar-refractivity contribution is 6.01. The van der Waals surface area contributed by atoms with E-state index in [-0.39, 0.29) is 6.61 Å². The van der Waals surface area contributed by atoms with Gasteiger partial charge in [-0.25, -0.2) is 0 Å². The maximum Gasteiger partial charge on any atom is 0.127 e. The molecule has 0 fully saturated rings. The van der Waals surface area contributed by atoms with E-state index in [0.29, 0.717) is 0 Å². The molecule has 0 saturated carbocycles. The molecule has 20 heavy (non-hydrogen) atoms. The summed E-state index contributed by atoms with van der Waals surface area (Å²) in [6.45, 7) is 0.0295. The van der Waals surface area contributed by atoms with Crippen molar-refractivity contribution in [1.82, 2.24) is 0 Å². The molecule has 0 bridgehead atoms. The molecular weight excluding hydrogens is 248 g/mol. The highest BCUT2D eigenvalue weighted by Gasteiger charge is 2.11. The van der Waals surface area contributed by atoms with Crippen LogP contribution in [0, 0.1) is 0 Å². The number of methoxy groups -OCH3 is 1. The van der Waals surface area contributed by atoms with Crippen molar-refractivity contribution >= 4 is 10.8 Å². The van der Waals surface area contributed by atoms with E-state index in [9.17, 15) is 5.11 Å². The van der Waals surface area contributed by atoms with Crippen LogP contribution >= 0.6 is 0 Å². The first-order chi connectivity index (χ1) is 9.85. The van der Waals surface area contributed by atoms with E-state index in [4.69, 9.17) is 4.74 Å². The van der Waals surface area contributed by atoms with Gasteiger partial charge in [0.05, 0.1) is 13.7 Å². The summed E-state index contributed by atoms with van der Waals surface area (Å²) in [7, 11) is 1.68. The Morgan fingerprint density at radius 1 is 0.850 bits per heavy atom. The summed E-state index contributed by atoms with van der Waals surface area (Å²) in [5.41, 5.74) is 3.06. The predicted molar refractivity (Wildman–Crippen MR) is 81.9 cm³/mol. The molecule has 100 valence electrons. The largest absolute Gasteiger partial charge is 0.496 e. The molecule has 0 aromatic heterocycles. The van der Waals surface area contributed by atoms with Crippen molar-refractivity contribution in [2.75, 3.05) is 7.11 Å². The quantitative estimate of drug-likeness (QED) is 0.774. The molecule has 0 spiro atoms. The van der Waals surface area contributed by atoms with Crippen LogP contribution in [0.3, 0.4) is 0 Å². The third kappa shape index (κ3) is 2.04. The lowest BCUT2D eigenvalue weighted by Gasteiger charge is -2.13. The van der Waals surface area contributed by atoms with Gasteiger partial charge in [0.25, 0.3) is 0 Å². The molecule has 1 N–H and O–H groups in total. The number of aliphatic hydroxyl groups excluding tert-OH is 1. The third-order valence-corrected chi connectivity index (χ3v) is 3.56. The standard InChI is InChI=1S/C18H16O2/c1-20-17-11-5-8-13-7-4-10-16(18(13)17)15-9-3-2-6-14(15)12-19/h2-11,19H,12H2,1H3. The highest BCUT2D eigenvalue weighted by Crippen LogP contribution is 2.36. The molecule has 3 aromatic rings. The molecule has 0 amide bonds. The smallest absolute Gasteiger partial charge is 0.127 e. The zero-order valence-corrected chi connectivity index (χ0v) is 11.3. The van der Waals surface area contributed by atoms with Crippen LogP contribution in [0.4, 0.5) is 0 Å². The summed E-state index contributed by atoms with van der Waals surface area (Å²) in [6.07, 6.45) is 0. The fourth-order valence-corrected chi connectivity index (χ4v) is 2.62. The molecule has 0 aliphatic carbocycles. The van der Waals surface area contributed by atoms with Crippen LogP contribution in [0.2, 0.25) is 0 Å². The molecule has 0 unspecified atom stereocenters. The number of aliphatic hydroxyl groups is 1. The van der Waals surface area contributed by atoms with Gasteiger partial charge in [-0.2, -0.15) is 0 Å². The summed E-state index contributed by atoms with van der Waals surface area (Å²) >= 11 is 0. The van der Waals surface area contributed by atoms with Gasteiger partial charge in [0.15, 0.2) is 0 Å². The minimum absolute atomic E-state index is 0.0295. The van der Waals surface area contributed by atoms with E-state index in [1.165, 1.54) is 0 Å². The summed E-state index contributed by atoms with van der Waals surface area (Å²) < 4.78 is 5.50. The van der Waals surface area contributed by atoms with Crippen molar-refractivity contribution in [3.05, 3.63) is 66.2 Å². The van der Waals surface area contributed by atoms with Crippen molar-refractivity contribution in [3.63, 3.8) is 0 Å². The molecule has 0 radical (unpaired) electrons. The Hall–Kier alpha value is -2.32. The van der Waals surface area contributed by atoms with Crippen LogP contribution in [0.5, 0.6) is 5.75 Å². The maximum atomic E-state index is 9.55. The molecular formula is C18H16O2. The Morgan fingerprint density at radius 2 is 1.55 bits per heavy atom. The van der Waals surface area contributed by atoms with Crippen LogP contribution in [-0.4, -0.2) is 12.2 Å². The zero-order valence-electron chi connectivity index (χ0n) is 11.3. The Morgan fingerprint density at radius 3 is 2.30 bits per heavy atom. The number of hydrogen-bond donors (Lipinski definition) is 1. The molecule has 0 heterocycles. The van der Waals surface area contributed by atoms with Crippen LogP contribution in [0.25, 0.3) is 21.9 Å². The van der Waals surface area contributed by atoms with E-state index in [1.807, 2.05) is 42.5 Å². The van der Waals surface area contributed by atoms with E-state index in [1.54, 1.807) is 7.11 Å². The molecule has 0 aliphatic heterocycles. The van der Waals surface area contributed by atoms with E-state index in [0.717, 1.165) is 33.2 Å². The van der Waals surface area contributed by atoms with Gasteiger partial charge < -0.3 is 9.84 Å². The average molecular weight is 264 g/mol. The van der Waals surface area contributed by atoms with Crippen LogP contribution in [0.1, 0.15) is 5.56 Å². The monoisotopic (exact) mass is 264 g/mol. The minimum atomic E-state index is 0.0295. The third-order valence-electron chi connectivity index (χ3n) is 3.56. The Labute approximate surface area is 118 Å². The lowest BCUT2D eigenvalue weighted by molar-refractivity contribution is 0.282. The summed E-state index contributed by atoms with van der Waals surface area (Å²) in [5.74, 6) is 0.853. The molecule has 0 aliphatic rings. The predicted octanol–water partition coefficient (Wildman–Crippen LogP) is 4.01. The lowest BCUT2D eigenvalue weighted by atomic mass is 9.94. The normalized spacial score (nSPS) is 10.7. The number of hydrogen-bond acceptors (Lipinski definition) is 2. The SMILES string of the molecule is COc1cccc2cccc(-c3ccccc3CO)c12. The first-order valence-electron chi connectivity index (χ1n) is 6.60. The van der Waals surface area contributed by atoms with E-state index in [2.05, 4.69) is 18.2 Å². The number of ether oxygens (including phenoxy) is 1. The lowest BCUT2D eigenvalue weighted by Crippen LogP contribution is -1.92. The van der Waals surface area contributed by atoms with Gasteiger partial charge in [0.2, 0.25) is 0 Å². The molecule has 0 atom stereocenters. The Bertz CT molecular complexity index is 742. The van der Waals surface area contributed by atoms with Crippen molar-refractivity contribution < 1.29 is 9.84 Å². The Balaban J connectivity index is 2.36. The van der Waals surface area contributed by atoms with Gasteiger partial charge in [-0.15, -0.1) is 0 Å². The van der Waals surface area contributed by atoms with Gasteiger partial charge in [0, 0.05) is 5.39 Å². The van der Waals surface area contributed by atoms with E-state index < -0.39 is 0 Å². The second-order valence-electron chi connectivity index (χ2n) is 4.68. The summed E-state index contributed by atoms with van der Waals surface area (Å²) in [4.78, 5) is 0. The molecule has 3 rings (SSSR count). The number of rotatable bonds is 3. The summed E-state index contributed by atoms with van der Waals surface area (Å²) in [6, 6.07) is 20.1. The second kappa shape index (κ2) is 5.35. The van der Waals surface area contributed by atoms with Gasteiger partial charge >= 0.3 is 0 Å². The number of benzene rings is 3. The van der Waals surface area contributed by atoms with Crippen LogP contribution in [-0.2, 0) is 6.61 Å². The van der Waals surface area contributed by atoms with Crippen molar-refractivity contribution in [3.8, 4) is 16.9 Å². The van der Waals surface area contributed by atoms with Gasteiger partial charge in [-0.1, -0.05) is 54.6 Å². The highest BCUT2D eigenvalue weighted by atomic mass is 16.5. The van der Waals surface area contributed by atoms with Crippen LogP contribution < -0.4 is 4.74 Å². The summed E-state index contributed by atoms with van der Waals surface area (Å²) in [5, 5.41) is 11.8. The fourth-order valence-electron chi connectivity index (χ4n) is 2.62. The zero-order chi connectivity index (χ0) is 13.9. The molecule has 3 aromatic carbocycles. The topological polar surface area (TPSA) is 29.5 Å². The van der Waals surface area contributed by atoms with Crippen molar-refractivity contribution in [2.24, 2.45) is 0 Å². The molecule has 0 saturated heterocycles. The molecule has 2 nitrogen and oxygen atoms in total. The first-order valence-corrected chi connectivity index (χ1v) is 6.60. The average Bonchev–Trinajstić information content (AvgIpc) is 2.53. The van der Waals surface area contributed by atoms with Gasteiger partial charge in [-0.05, 0) is 28.1 Å². The minimum Gasteiger partial charge on any atom is -0.496 e. The maximum absolute atomic E-state index is 9.55. The van der Waals surface area contributed by atoms with Gasteiger partial charge in [0.1, 0.15) is 5.75 Å². The van der Waals surface area contributed by atoms with E-state index >= 15 is 0 Å². The van der Waals surface area contributed by atoms with Gasteiger partial charge in [-0.3, -0.25) is 0 Å². The van der Waals surface area contributed by atoms with Crippen LogP contribution in [0.15, 0.2) is 60.7 Å². The molecule has 2 heteroatoms. The van der Waals surface area contributed by atoms with Crippen molar-refractivity contribution in [1.29, 1.82) is 0 Å². The Kier molecular flexibility index (Phi) is 3.40. The van der Waals surface area contributed by atoms with Crippen molar-refractivity contribution in [2.45, 2.75) is 6.61 Å².